The number of pyridine rings is 1. The van der Waals surface area contributed by atoms with E-state index in [0.717, 1.165) is 19.3 Å². The lowest BCUT2D eigenvalue weighted by molar-refractivity contribution is 0.0664. The van der Waals surface area contributed by atoms with E-state index in [1.165, 1.54) is 12.6 Å². The Morgan fingerprint density at radius 3 is 2.94 bits per heavy atom. The summed E-state index contributed by atoms with van der Waals surface area (Å²) in [5.41, 5.74) is 0.00488. The third kappa shape index (κ3) is 2.75. The summed E-state index contributed by atoms with van der Waals surface area (Å²) in [6.07, 6.45) is 6.12. The zero-order valence-electron chi connectivity index (χ0n) is 9.93. The molecule has 1 aromatic heterocycles. The van der Waals surface area contributed by atoms with E-state index in [-0.39, 0.29) is 11.8 Å². The molecule has 0 radical (unpaired) electrons. The maximum atomic E-state index is 11.0. The van der Waals surface area contributed by atoms with Gasteiger partial charge in [-0.3, -0.25) is 0 Å². The van der Waals surface area contributed by atoms with Crippen LogP contribution in [0.4, 0.5) is 0 Å². The van der Waals surface area contributed by atoms with Crippen LogP contribution in [0, 0.1) is 5.92 Å². The third-order valence-electron chi connectivity index (χ3n) is 3.28. The first-order valence-corrected chi connectivity index (χ1v) is 6.03. The summed E-state index contributed by atoms with van der Waals surface area (Å²) in [7, 11) is 0. The van der Waals surface area contributed by atoms with Gasteiger partial charge < -0.3 is 9.84 Å². The van der Waals surface area contributed by atoms with E-state index in [9.17, 15) is 4.79 Å². The van der Waals surface area contributed by atoms with Crippen molar-refractivity contribution in [2.24, 2.45) is 5.92 Å². The highest BCUT2D eigenvalue weighted by molar-refractivity contribution is 5.88. The Hall–Kier alpha value is -1.58. The van der Waals surface area contributed by atoms with E-state index in [4.69, 9.17) is 9.84 Å². The van der Waals surface area contributed by atoms with E-state index in [1.807, 2.05) is 0 Å². The van der Waals surface area contributed by atoms with Gasteiger partial charge in [0.05, 0.1) is 0 Å². The predicted molar refractivity (Wildman–Crippen MR) is 63.2 cm³/mol. The topological polar surface area (TPSA) is 59.4 Å². The van der Waals surface area contributed by atoms with Crippen molar-refractivity contribution in [3.8, 4) is 5.75 Å². The lowest BCUT2D eigenvalue weighted by Crippen LogP contribution is -2.29. The Balaban J connectivity index is 2.14. The van der Waals surface area contributed by atoms with E-state index in [1.54, 1.807) is 12.1 Å². The smallest absolute Gasteiger partial charge is 0.358 e. The van der Waals surface area contributed by atoms with Crippen molar-refractivity contribution in [1.82, 2.24) is 4.98 Å². The van der Waals surface area contributed by atoms with Gasteiger partial charge in [0, 0.05) is 6.20 Å². The molecule has 92 valence electrons. The highest BCUT2D eigenvalue weighted by Gasteiger charge is 2.24. The molecule has 0 saturated heterocycles. The average Bonchev–Trinajstić information content (AvgIpc) is 2.32. The molecule has 1 aliphatic carbocycles. The molecule has 0 spiro atoms. The number of rotatable bonds is 3. The molecule has 1 N–H and O–H groups in total. The van der Waals surface area contributed by atoms with Crippen molar-refractivity contribution in [2.45, 2.75) is 38.7 Å². The Labute approximate surface area is 101 Å². The van der Waals surface area contributed by atoms with Crippen LogP contribution in [0.3, 0.4) is 0 Å². The largest absolute Gasteiger partial charge is 0.488 e. The second-order valence-electron chi connectivity index (χ2n) is 4.57. The van der Waals surface area contributed by atoms with Crippen molar-refractivity contribution in [2.75, 3.05) is 0 Å². The third-order valence-corrected chi connectivity index (χ3v) is 3.28. The quantitative estimate of drug-likeness (QED) is 0.875. The molecule has 1 heterocycles. The highest BCUT2D eigenvalue weighted by atomic mass is 16.5. The summed E-state index contributed by atoms with van der Waals surface area (Å²) in [4.78, 5) is 14.8. The molecular weight excluding hydrogens is 218 g/mol. The summed E-state index contributed by atoms with van der Waals surface area (Å²) < 4.78 is 5.82. The van der Waals surface area contributed by atoms with Gasteiger partial charge in [0.25, 0.3) is 0 Å². The van der Waals surface area contributed by atoms with Crippen LogP contribution in [-0.2, 0) is 0 Å². The summed E-state index contributed by atoms with van der Waals surface area (Å²) in [5.74, 6) is -0.173. The number of carbonyl (C=O) groups is 1. The number of ether oxygens (including phenoxy) is 1. The molecule has 4 heteroatoms. The molecule has 1 fully saturated rings. The maximum Gasteiger partial charge on any atom is 0.358 e. The maximum absolute atomic E-state index is 11.0. The molecule has 0 amide bonds. The monoisotopic (exact) mass is 235 g/mol. The van der Waals surface area contributed by atoms with Gasteiger partial charge in [0.15, 0.2) is 11.4 Å². The minimum atomic E-state index is -1.04. The van der Waals surface area contributed by atoms with Gasteiger partial charge in [-0.2, -0.15) is 0 Å². The Kier molecular flexibility index (Phi) is 3.61. The van der Waals surface area contributed by atoms with Crippen LogP contribution < -0.4 is 4.74 Å². The second-order valence-corrected chi connectivity index (χ2v) is 4.57. The summed E-state index contributed by atoms with van der Waals surface area (Å²) >= 11 is 0. The lowest BCUT2D eigenvalue weighted by Gasteiger charge is -2.29. The predicted octanol–water partition coefficient (Wildman–Crippen LogP) is 2.74. The number of carboxylic acids is 1. The van der Waals surface area contributed by atoms with E-state index in [0.29, 0.717) is 11.7 Å². The van der Waals surface area contributed by atoms with Crippen LogP contribution in [0.5, 0.6) is 5.75 Å². The van der Waals surface area contributed by atoms with E-state index < -0.39 is 5.97 Å². The van der Waals surface area contributed by atoms with Crippen molar-refractivity contribution >= 4 is 5.97 Å². The van der Waals surface area contributed by atoms with Crippen molar-refractivity contribution < 1.29 is 14.6 Å². The summed E-state index contributed by atoms with van der Waals surface area (Å²) in [6, 6.07) is 3.38. The van der Waals surface area contributed by atoms with Crippen molar-refractivity contribution in [3.63, 3.8) is 0 Å². The van der Waals surface area contributed by atoms with Crippen LogP contribution in [0.15, 0.2) is 18.3 Å². The van der Waals surface area contributed by atoms with Gasteiger partial charge in [0.2, 0.25) is 0 Å². The zero-order valence-corrected chi connectivity index (χ0v) is 9.93. The number of hydrogen-bond acceptors (Lipinski definition) is 3. The van der Waals surface area contributed by atoms with Crippen molar-refractivity contribution in [3.05, 3.63) is 24.0 Å². The van der Waals surface area contributed by atoms with Gasteiger partial charge in [-0.05, 0) is 37.3 Å². The minimum absolute atomic E-state index is 0.00488. The fourth-order valence-corrected chi connectivity index (χ4v) is 2.27. The minimum Gasteiger partial charge on any atom is -0.488 e. The fraction of sp³-hybridized carbons (Fsp3) is 0.538. The molecule has 0 bridgehead atoms. The molecule has 1 saturated carbocycles. The first-order chi connectivity index (χ1) is 8.18. The van der Waals surface area contributed by atoms with Crippen LogP contribution in [-0.4, -0.2) is 22.2 Å². The molecule has 2 atom stereocenters. The Bertz CT molecular complexity index is 405. The second kappa shape index (κ2) is 5.17. The molecule has 2 rings (SSSR count). The molecule has 1 aliphatic rings. The van der Waals surface area contributed by atoms with Gasteiger partial charge in [0.1, 0.15) is 6.10 Å². The molecule has 0 aliphatic heterocycles. The highest BCUT2D eigenvalue weighted by Crippen LogP contribution is 2.29. The SMILES string of the molecule is CC1CCCCC1Oc1cccnc1C(=O)O. The van der Waals surface area contributed by atoms with Gasteiger partial charge >= 0.3 is 5.97 Å². The average molecular weight is 235 g/mol. The Morgan fingerprint density at radius 1 is 1.47 bits per heavy atom. The first-order valence-electron chi connectivity index (χ1n) is 6.03. The molecule has 4 nitrogen and oxygen atoms in total. The first kappa shape index (κ1) is 11.9. The van der Waals surface area contributed by atoms with Gasteiger partial charge in [-0.1, -0.05) is 13.3 Å². The normalized spacial score (nSPS) is 24.3. The van der Waals surface area contributed by atoms with Crippen LogP contribution in [0.2, 0.25) is 0 Å². The van der Waals surface area contributed by atoms with E-state index >= 15 is 0 Å². The van der Waals surface area contributed by atoms with Crippen LogP contribution >= 0.6 is 0 Å². The van der Waals surface area contributed by atoms with Crippen LogP contribution in [0.1, 0.15) is 43.1 Å². The van der Waals surface area contributed by atoms with Crippen LogP contribution in [0.25, 0.3) is 0 Å². The lowest BCUT2D eigenvalue weighted by atomic mass is 9.88. The molecular formula is C13H17NO3. The molecule has 17 heavy (non-hydrogen) atoms. The molecule has 0 aromatic carbocycles. The summed E-state index contributed by atoms with van der Waals surface area (Å²) in [6.45, 7) is 2.15. The van der Waals surface area contributed by atoms with E-state index in [2.05, 4.69) is 11.9 Å². The Morgan fingerprint density at radius 2 is 2.24 bits per heavy atom. The van der Waals surface area contributed by atoms with Gasteiger partial charge in [-0.25, -0.2) is 9.78 Å². The number of nitrogens with zero attached hydrogens (tertiary/aromatic N) is 1. The molecule has 2 unspecified atom stereocenters. The molecule has 1 aromatic rings. The standard InChI is InChI=1S/C13H17NO3/c1-9-5-2-3-6-10(9)17-11-7-4-8-14-12(11)13(15)16/h4,7-10H,2-3,5-6H2,1H3,(H,15,16). The van der Waals surface area contributed by atoms with Crippen molar-refractivity contribution in [1.29, 1.82) is 0 Å². The number of hydrogen-bond donors (Lipinski definition) is 1. The fourth-order valence-electron chi connectivity index (χ4n) is 2.27. The van der Waals surface area contributed by atoms with Gasteiger partial charge in [-0.15, -0.1) is 0 Å². The number of aromatic nitrogens is 1. The zero-order chi connectivity index (χ0) is 12.3. The number of carboxylic acid groups (broad SMARTS) is 1. The number of aromatic carboxylic acids is 1. The summed E-state index contributed by atoms with van der Waals surface area (Å²) in [5, 5.41) is 9.02.